The van der Waals surface area contributed by atoms with E-state index in [4.69, 9.17) is 14.2 Å². The molecule has 0 heterocycles. The summed E-state index contributed by atoms with van der Waals surface area (Å²) >= 11 is 0. The molecule has 0 unspecified atom stereocenters. The van der Waals surface area contributed by atoms with Crippen LogP contribution in [0.5, 0.6) is 11.5 Å². The standard InChI is InChI=1S/C60H81NO6/c1-43(2)24-18-25-44(3)26-19-27-45(4)28-20-29-46(5)30-21-31-47(6)32-22-33-48(7)34-23-35-49(8)40-41-52-50(9)56(65-55(62)42-61-59(64)67-60(10,11)12)53-38-16-17-39-54(53)57(52)66-58(63)51-36-14-13-15-37-51/h13-17,24,26,28,30,32,34,36-40H,18-23,25,27,29,31,33,35,41-42H2,1-12H3,(H,61,64)/b44-26+,45-28+,46-30+,47-32+,48-34+,49-40+. The summed E-state index contributed by atoms with van der Waals surface area (Å²) in [7, 11) is 0. The molecule has 0 spiro atoms. The van der Waals surface area contributed by atoms with Crippen LogP contribution in [0.25, 0.3) is 10.8 Å². The number of nitrogens with one attached hydrogen (secondary N) is 1. The lowest BCUT2D eigenvalue weighted by Crippen LogP contribution is -2.36. The van der Waals surface area contributed by atoms with Gasteiger partial charge in [0.25, 0.3) is 0 Å². The number of amides is 1. The highest BCUT2D eigenvalue weighted by atomic mass is 16.6. The van der Waals surface area contributed by atoms with Crippen molar-refractivity contribution in [1.29, 1.82) is 0 Å². The normalized spacial score (nSPS) is 13.1. The van der Waals surface area contributed by atoms with Gasteiger partial charge in [-0.05, 0) is 184 Å². The molecule has 0 fully saturated rings. The number of hydrogen-bond donors (Lipinski definition) is 1. The Hall–Kier alpha value is -5.69. The predicted molar refractivity (Wildman–Crippen MR) is 281 cm³/mol. The molecule has 0 aliphatic carbocycles. The highest BCUT2D eigenvalue weighted by Gasteiger charge is 2.24. The number of rotatable bonds is 25. The van der Waals surface area contributed by atoms with Crippen LogP contribution >= 0.6 is 0 Å². The summed E-state index contributed by atoms with van der Waals surface area (Å²) in [6.07, 6.45) is 29.1. The monoisotopic (exact) mass is 912 g/mol. The molecule has 0 saturated carbocycles. The van der Waals surface area contributed by atoms with Crippen molar-refractivity contribution in [2.75, 3.05) is 6.54 Å². The van der Waals surface area contributed by atoms with E-state index >= 15 is 0 Å². The molecule has 3 aromatic rings. The number of ether oxygens (including phenoxy) is 3. The molecular formula is C60H81NO6. The van der Waals surface area contributed by atoms with Crippen LogP contribution in [0.2, 0.25) is 0 Å². The zero-order valence-corrected chi connectivity index (χ0v) is 43.1. The molecule has 7 heteroatoms. The first-order valence-electron chi connectivity index (χ1n) is 24.4. The molecule has 0 aliphatic rings. The lowest BCUT2D eigenvalue weighted by atomic mass is 9.95. The molecule has 0 saturated heterocycles. The van der Waals surface area contributed by atoms with Crippen molar-refractivity contribution in [2.24, 2.45) is 0 Å². The van der Waals surface area contributed by atoms with E-state index < -0.39 is 23.6 Å². The number of carbonyl (C=O) groups excluding carboxylic acids is 3. The molecule has 67 heavy (non-hydrogen) atoms. The highest BCUT2D eigenvalue weighted by Crippen LogP contribution is 2.42. The molecule has 0 bridgehead atoms. The average molecular weight is 912 g/mol. The maximum absolute atomic E-state index is 13.5. The third-order valence-corrected chi connectivity index (χ3v) is 11.6. The Bertz CT molecular complexity index is 2320. The first kappa shape index (κ1) is 55.6. The minimum Gasteiger partial charge on any atom is -0.444 e. The van der Waals surface area contributed by atoms with E-state index in [9.17, 15) is 14.4 Å². The molecule has 7 nitrogen and oxygen atoms in total. The van der Waals surface area contributed by atoms with Crippen LogP contribution in [0.1, 0.15) is 175 Å². The Morgan fingerprint density at radius 2 is 0.925 bits per heavy atom. The molecule has 3 aromatic carbocycles. The van der Waals surface area contributed by atoms with Crippen molar-refractivity contribution in [3.8, 4) is 11.5 Å². The molecule has 0 radical (unpaired) electrons. The number of hydrogen-bond acceptors (Lipinski definition) is 6. The lowest BCUT2D eigenvalue weighted by Gasteiger charge is -2.21. The van der Waals surface area contributed by atoms with Gasteiger partial charge in [0.1, 0.15) is 23.6 Å². The van der Waals surface area contributed by atoms with Crippen LogP contribution in [-0.4, -0.2) is 30.2 Å². The number of benzene rings is 3. The minimum atomic E-state index is -0.711. The summed E-state index contributed by atoms with van der Waals surface area (Å²) in [4.78, 5) is 38.9. The second-order valence-electron chi connectivity index (χ2n) is 19.4. The number of allylic oxidation sites excluding steroid dienone is 14. The van der Waals surface area contributed by atoms with Crippen LogP contribution in [0.15, 0.2) is 136 Å². The van der Waals surface area contributed by atoms with E-state index in [1.54, 1.807) is 45.0 Å². The zero-order valence-electron chi connectivity index (χ0n) is 43.1. The van der Waals surface area contributed by atoms with Gasteiger partial charge in [-0.1, -0.05) is 124 Å². The van der Waals surface area contributed by atoms with Crippen LogP contribution in [0, 0.1) is 6.92 Å². The topological polar surface area (TPSA) is 90.9 Å². The summed E-state index contributed by atoms with van der Waals surface area (Å²) in [5, 5.41) is 3.74. The third-order valence-electron chi connectivity index (χ3n) is 11.6. The van der Waals surface area contributed by atoms with Crippen LogP contribution in [-0.2, 0) is 16.0 Å². The molecule has 1 N–H and O–H groups in total. The second-order valence-corrected chi connectivity index (χ2v) is 19.4. The van der Waals surface area contributed by atoms with Crippen molar-refractivity contribution in [3.63, 3.8) is 0 Å². The van der Waals surface area contributed by atoms with Crippen molar-refractivity contribution < 1.29 is 28.6 Å². The zero-order chi connectivity index (χ0) is 49.4. The van der Waals surface area contributed by atoms with Crippen molar-refractivity contribution in [3.05, 3.63) is 153 Å². The van der Waals surface area contributed by atoms with Crippen LogP contribution in [0.4, 0.5) is 4.79 Å². The number of fused-ring (bicyclic) bond motifs is 1. The van der Waals surface area contributed by atoms with Gasteiger partial charge in [-0.2, -0.15) is 0 Å². The van der Waals surface area contributed by atoms with Crippen molar-refractivity contribution in [1.82, 2.24) is 5.32 Å². The van der Waals surface area contributed by atoms with Gasteiger partial charge in [-0.25, -0.2) is 14.4 Å². The predicted octanol–water partition coefficient (Wildman–Crippen LogP) is 16.7. The molecule has 0 aromatic heterocycles. The average Bonchev–Trinajstić information content (AvgIpc) is 3.26. The molecule has 3 rings (SSSR count). The number of alkyl carbamates (subject to hydrolysis) is 1. The number of esters is 2. The van der Waals surface area contributed by atoms with E-state index in [2.05, 4.69) is 103 Å². The maximum Gasteiger partial charge on any atom is 0.408 e. The fourth-order valence-electron chi connectivity index (χ4n) is 7.59. The van der Waals surface area contributed by atoms with Gasteiger partial charge >= 0.3 is 18.0 Å². The molecule has 1 amide bonds. The highest BCUT2D eigenvalue weighted by molar-refractivity contribution is 6.00. The smallest absolute Gasteiger partial charge is 0.408 e. The van der Waals surface area contributed by atoms with Gasteiger partial charge in [0.05, 0.1) is 5.56 Å². The summed E-state index contributed by atoms with van der Waals surface area (Å²) in [5.74, 6) is -0.346. The van der Waals surface area contributed by atoms with E-state index in [0.29, 0.717) is 39.8 Å². The Labute approximate surface area is 404 Å². The quantitative estimate of drug-likeness (QED) is 0.0517. The van der Waals surface area contributed by atoms with Gasteiger partial charge in [0, 0.05) is 16.3 Å². The summed E-state index contributed by atoms with van der Waals surface area (Å²) in [6, 6.07) is 16.3. The van der Waals surface area contributed by atoms with Gasteiger partial charge in [0.2, 0.25) is 0 Å². The van der Waals surface area contributed by atoms with E-state index in [0.717, 1.165) is 82.6 Å². The van der Waals surface area contributed by atoms with Gasteiger partial charge in [0.15, 0.2) is 0 Å². The Kier molecular flexibility index (Phi) is 24.2. The van der Waals surface area contributed by atoms with Crippen molar-refractivity contribution >= 4 is 28.8 Å². The van der Waals surface area contributed by atoms with Gasteiger partial charge in [-0.15, -0.1) is 0 Å². The second kappa shape index (κ2) is 29.2. The third kappa shape index (κ3) is 22.1. The largest absolute Gasteiger partial charge is 0.444 e. The van der Waals surface area contributed by atoms with E-state index in [1.807, 2.05) is 37.3 Å². The van der Waals surface area contributed by atoms with Crippen LogP contribution < -0.4 is 14.8 Å². The van der Waals surface area contributed by atoms with Gasteiger partial charge < -0.3 is 19.5 Å². The summed E-state index contributed by atoms with van der Waals surface area (Å²) < 4.78 is 17.4. The molecule has 362 valence electrons. The molecular weight excluding hydrogens is 831 g/mol. The first-order valence-corrected chi connectivity index (χ1v) is 24.4. The van der Waals surface area contributed by atoms with E-state index in [1.165, 1.54) is 39.0 Å². The molecule has 0 aliphatic heterocycles. The summed E-state index contributed by atoms with van der Waals surface area (Å²) in [6.45, 7) is 24.5. The SMILES string of the molecule is CC(C)=CCC/C(C)=C/CC/C(C)=C/CC/C(C)=C/CC/C(C)=C/CC/C(C)=C/CC/C(C)=C/Cc1c(C)c(OC(=O)CNC(=O)OC(C)(C)C)c2ccccc2c1OC(=O)c1ccccc1. The lowest BCUT2D eigenvalue weighted by molar-refractivity contribution is -0.133. The summed E-state index contributed by atoms with van der Waals surface area (Å²) in [5.41, 5.74) is 11.0. The minimum absolute atomic E-state index is 0.353. The Morgan fingerprint density at radius 3 is 1.36 bits per heavy atom. The first-order chi connectivity index (χ1) is 31.8. The maximum atomic E-state index is 13.5. The Balaban J connectivity index is 1.58. The fraction of sp³-hybridized carbons (Fsp3) is 0.450. The molecule has 0 atom stereocenters. The van der Waals surface area contributed by atoms with Crippen LogP contribution in [0.3, 0.4) is 0 Å². The number of carbonyl (C=O) groups is 3. The fourth-order valence-corrected chi connectivity index (χ4v) is 7.59. The van der Waals surface area contributed by atoms with E-state index in [-0.39, 0.29) is 6.54 Å². The Morgan fingerprint density at radius 1 is 0.522 bits per heavy atom. The van der Waals surface area contributed by atoms with Crippen molar-refractivity contribution in [2.45, 2.75) is 172 Å². The van der Waals surface area contributed by atoms with Gasteiger partial charge in [-0.3, -0.25) is 0 Å².